The summed E-state index contributed by atoms with van der Waals surface area (Å²) in [7, 11) is 0. The number of fused-ring (bicyclic) bond motifs is 1. The lowest BCUT2D eigenvalue weighted by Crippen LogP contribution is -2.50. The molecule has 0 unspecified atom stereocenters. The molecular formula is C25H25ClN4O4. The van der Waals surface area contributed by atoms with Crippen molar-refractivity contribution in [3.63, 3.8) is 0 Å². The van der Waals surface area contributed by atoms with Gasteiger partial charge in [-0.15, -0.1) is 0 Å². The fourth-order valence-corrected chi connectivity index (χ4v) is 4.09. The second-order valence-corrected chi connectivity index (χ2v) is 8.46. The van der Waals surface area contributed by atoms with E-state index >= 15 is 0 Å². The minimum atomic E-state index is -0.502. The molecule has 0 atom stereocenters. The molecular weight excluding hydrogens is 456 g/mol. The molecule has 0 radical (unpaired) electrons. The predicted octanol–water partition coefficient (Wildman–Crippen LogP) is 3.96. The Balaban J connectivity index is 1.53. The second kappa shape index (κ2) is 10.1. The van der Waals surface area contributed by atoms with Gasteiger partial charge in [0.25, 0.3) is 5.91 Å². The van der Waals surface area contributed by atoms with E-state index in [1.54, 1.807) is 58.3 Å². The van der Waals surface area contributed by atoms with Gasteiger partial charge in [-0.25, -0.2) is 9.78 Å². The van der Waals surface area contributed by atoms with E-state index in [4.69, 9.17) is 27.1 Å². The molecule has 176 valence electrons. The molecule has 1 saturated heterocycles. The molecule has 1 aliphatic rings. The fraction of sp³-hybridized carbons (Fsp3) is 0.280. The molecule has 1 aromatic heterocycles. The number of carbonyl (C=O) groups is 3. The molecule has 1 fully saturated rings. The van der Waals surface area contributed by atoms with Crippen LogP contribution in [0.1, 0.15) is 34.1 Å². The number of amides is 3. The summed E-state index contributed by atoms with van der Waals surface area (Å²) < 4.78 is 5.18. The van der Waals surface area contributed by atoms with Crippen molar-refractivity contribution in [3.8, 4) is 11.3 Å². The van der Waals surface area contributed by atoms with Gasteiger partial charge in [-0.05, 0) is 36.8 Å². The van der Waals surface area contributed by atoms with E-state index in [0.29, 0.717) is 60.1 Å². The molecule has 4 rings (SSSR count). The maximum atomic E-state index is 13.1. The Morgan fingerprint density at radius 3 is 2.26 bits per heavy atom. The molecule has 1 aliphatic heterocycles. The van der Waals surface area contributed by atoms with Gasteiger partial charge in [0, 0.05) is 48.3 Å². The van der Waals surface area contributed by atoms with Gasteiger partial charge in [0.15, 0.2) is 0 Å². The average Bonchev–Trinajstić information content (AvgIpc) is 2.86. The van der Waals surface area contributed by atoms with Crippen molar-refractivity contribution in [1.29, 1.82) is 0 Å². The molecule has 2 aromatic carbocycles. The molecule has 0 aliphatic carbocycles. The third kappa shape index (κ3) is 4.97. The van der Waals surface area contributed by atoms with Crippen LogP contribution in [0, 0.1) is 0 Å². The van der Waals surface area contributed by atoms with Crippen molar-refractivity contribution >= 4 is 40.4 Å². The van der Waals surface area contributed by atoms with Gasteiger partial charge in [0.05, 0.1) is 22.8 Å². The summed E-state index contributed by atoms with van der Waals surface area (Å²) in [6, 6.07) is 13.8. The topological polar surface area (TPSA) is 106 Å². The van der Waals surface area contributed by atoms with E-state index in [-0.39, 0.29) is 12.0 Å². The quantitative estimate of drug-likeness (QED) is 0.595. The largest absolute Gasteiger partial charge is 0.449 e. The Kier molecular flexibility index (Phi) is 6.98. The van der Waals surface area contributed by atoms with Crippen LogP contribution in [0.15, 0.2) is 48.5 Å². The van der Waals surface area contributed by atoms with Crippen LogP contribution in [-0.4, -0.2) is 65.5 Å². The van der Waals surface area contributed by atoms with Gasteiger partial charge in [0.2, 0.25) is 5.91 Å². The highest BCUT2D eigenvalue weighted by Crippen LogP contribution is 2.29. The number of primary amides is 1. The molecule has 0 saturated carbocycles. The Labute approximate surface area is 202 Å². The van der Waals surface area contributed by atoms with Gasteiger partial charge in [0.1, 0.15) is 0 Å². The summed E-state index contributed by atoms with van der Waals surface area (Å²) in [6.07, 6.45) is 0.430. The van der Waals surface area contributed by atoms with E-state index in [9.17, 15) is 14.4 Å². The highest BCUT2D eigenvalue weighted by atomic mass is 35.5. The Morgan fingerprint density at radius 2 is 1.62 bits per heavy atom. The highest BCUT2D eigenvalue weighted by molar-refractivity contribution is 6.35. The lowest BCUT2D eigenvalue weighted by atomic mass is 10.1. The number of carbonyl (C=O) groups excluding carboxylic acids is 3. The van der Waals surface area contributed by atoms with E-state index in [2.05, 4.69) is 0 Å². The average molecular weight is 481 g/mol. The zero-order chi connectivity index (χ0) is 24.2. The van der Waals surface area contributed by atoms with Crippen LogP contribution >= 0.6 is 11.6 Å². The Bertz CT molecular complexity index is 1240. The van der Waals surface area contributed by atoms with Gasteiger partial charge >= 0.3 is 6.09 Å². The molecule has 0 spiro atoms. The maximum absolute atomic E-state index is 13.1. The van der Waals surface area contributed by atoms with Gasteiger partial charge in [-0.3, -0.25) is 9.59 Å². The van der Waals surface area contributed by atoms with Crippen molar-refractivity contribution in [2.24, 2.45) is 5.73 Å². The van der Waals surface area contributed by atoms with Crippen LogP contribution in [0.2, 0.25) is 5.02 Å². The molecule has 8 nitrogen and oxygen atoms in total. The van der Waals surface area contributed by atoms with Crippen molar-refractivity contribution in [3.05, 3.63) is 64.7 Å². The zero-order valence-electron chi connectivity index (χ0n) is 18.8. The number of nitrogens with two attached hydrogens (primary N) is 1. The number of ether oxygens (including phenoxy) is 1. The summed E-state index contributed by atoms with van der Waals surface area (Å²) >= 11 is 6.50. The molecule has 2 heterocycles. The summed E-state index contributed by atoms with van der Waals surface area (Å²) in [5.41, 5.74) is 8.21. The summed E-state index contributed by atoms with van der Waals surface area (Å²) in [4.78, 5) is 44.5. The molecule has 2 N–H and O–H groups in total. The van der Waals surface area contributed by atoms with Gasteiger partial charge in [-0.1, -0.05) is 36.7 Å². The molecule has 0 bridgehead atoms. The second-order valence-electron chi connectivity index (χ2n) is 8.06. The first-order valence-electron chi connectivity index (χ1n) is 11.1. The standard InChI is InChI=1S/C25H25ClN4O4/c1-2-13-34-25(33)30-11-9-29(10-12-30)24(32)18-7-8-19-20(26)15-21(28-22(19)14-18)16-3-5-17(6-4-16)23(27)31/h3-8,14-15H,2,9-13H2,1H3,(H2,27,31). The van der Waals surface area contributed by atoms with E-state index < -0.39 is 5.91 Å². The van der Waals surface area contributed by atoms with Gasteiger partial charge < -0.3 is 20.3 Å². The lowest BCUT2D eigenvalue weighted by molar-refractivity contribution is 0.0560. The number of pyridine rings is 1. The van der Waals surface area contributed by atoms with Crippen LogP contribution < -0.4 is 5.73 Å². The molecule has 3 amide bonds. The van der Waals surface area contributed by atoms with Gasteiger partial charge in [-0.2, -0.15) is 0 Å². The molecule has 3 aromatic rings. The zero-order valence-corrected chi connectivity index (χ0v) is 19.5. The Morgan fingerprint density at radius 1 is 0.971 bits per heavy atom. The number of hydrogen-bond donors (Lipinski definition) is 1. The van der Waals surface area contributed by atoms with Crippen molar-refractivity contribution in [1.82, 2.24) is 14.8 Å². The number of halogens is 1. The minimum Gasteiger partial charge on any atom is -0.449 e. The summed E-state index contributed by atoms with van der Waals surface area (Å²) in [5, 5.41) is 1.25. The number of benzene rings is 2. The number of aromatic nitrogens is 1. The third-order valence-electron chi connectivity index (χ3n) is 5.73. The van der Waals surface area contributed by atoms with Crippen molar-refractivity contribution < 1.29 is 19.1 Å². The van der Waals surface area contributed by atoms with Crippen LogP contribution in [0.3, 0.4) is 0 Å². The first-order valence-corrected chi connectivity index (χ1v) is 11.5. The number of hydrogen-bond acceptors (Lipinski definition) is 5. The number of nitrogens with zero attached hydrogens (tertiary/aromatic N) is 3. The predicted molar refractivity (Wildman–Crippen MR) is 130 cm³/mol. The molecule has 9 heteroatoms. The fourth-order valence-electron chi connectivity index (χ4n) is 3.83. The van der Waals surface area contributed by atoms with E-state index in [1.165, 1.54) is 0 Å². The summed E-state index contributed by atoms with van der Waals surface area (Å²) in [5.74, 6) is -0.629. The first-order chi connectivity index (χ1) is 16.4. The summed E-state index contributed by atoms with van der Waals surface area (Å²) in [6.45, 7) is 4.05. The minimum absolute atomic E-state index is 0.127. The van der Waals surface area contributed by atoms with Crippen LogP contribution in [0.4, 0.5) is 4.79 Å². The lowest BCUT2D eigenvalue weighted by Gasteiger charge is -2.34. The van der Waals surface area contributed by atoms with E-state index in [1.807, 2.05) is 6.92 Å². The maximum Gasteiger partial charge on any atom is 0.409 e. The van der Waals surface area contributed by atoms with Crippen LogP contribution in [0.5, 0.6) is 0 Å². The van der Waals surface area contributed by atoms with E-state index in [0.717, 1.165) is 17.4 Å². The number of piperazine rings is 1. The van der Waals surface area contributed by atoms with Crippen LogP contribution in [0.25, 0.3) is 22.2 Å². The van der Waals surface area contributed by atoms with Crippen LogP contribution in [-0.2, 0) is 4.74 Å². The Hall–Kier alpha value is -3.65. The number of rotatable bonds is 5. The normalized spacial score (nSPS) is 13.7. The smallest absolute Gasteiger partial charge is 0.409 e. The third-order valence-corrected chi connectivity index (χ3v) is 6.04. The molecule has 34 heavy (non-hydrogen) atoms. The SMILES string of the molecule is CCCOC(=O)N1CCN(C(=O)c2ccc3c(Cl)cc(-c4ccc(C(N)=O)cc4)nc3c2)CC1. The van der Waals surface area contributed by atoms with Crippen molar-refractivity contribution in [2.45, 2.75) is 13.3 Å². The monoisotopic (exact) mass is 480 g/mol. The highest BCUT2D eigenvalue weighted by Gasteiger charge is 2.26. The first kappa shape index (κ1) is 23.5. The van der Waals surface area contributed by atoms with Crippen molar-refractivity contribution in [2.75, 3.05) is 32.8 Å².